The van der Waals surface area contributed by atoms with Gasteiger partial charge in [0.25, 0.3) is 0 Å². The minimum absolute atomic E-state index is 0.400. The summed E-state index contributed by atoms with van der Waals surface area (Å²) < 4.78 is 15.6. The monoisotopic (exact) mass is 313 g/mol. The Labute approximate surface area is 127 Å². The van der Waals surface area contributed by atoms with E-state index in [4.69, 9.17) is 9.47 Å². The summed E-state index contributed by atoms with van der Waals surface area (Å²) in [6, 6.07) is -1.17. The lowest BCUT2D eigenvalue weighted by Crippen LogP contribution is -2.47. The first kappa shape index (κ1) is 17.5. The number of amides is 1. The Hall–Kier alpha value is -2.58. The highest BCUT2D eigenvalue weighted by Gasteiger charge is 2.26. The average molecular weight is 313 g/mol. The molecule has 0 saturated heterocycles. The number of imidazole rings is 1. The molecular weight excluding hydrogens is 294 g/mol. The topological polar surface area (TPSA) is 109 Å². The van der Waals surface area contributed by atoms with E-state index in [-0.39, 0.29) is 0 Å². The fourth-order valence-electron chi connectivity index (χ4n) is 1.36. The van der Waals surface area contributed by atoms with Gasteiger partial charge in [-0.05, 0) is 20.8 Å². The lowest BCUT2D eigenvalue weighted by molar-refractivity contribution is -0.144. The number of methoxy groups -OCH3 is 1. The van der Waals surface area contributed by atoms with Gasteiger partial charge in [0.2, 0.25) is 0 Å². The third-order valence-corrected chi connectivity index (χ3v) is 2.27. The van der Waals surface area contributed by atoms with E-state index in [0.717, 1.165) is 11.7 Å². The molecule has 1 amide bonds. The van der Waals surface area contributed by atoms with Gasteiger partial charge in [-0.3, -0.25) is 0 Å². The molecule has 0 saturated carbocycles. The van der Waals surface area contributed by atoms with Crippen molar-refractivity contribution in [1.82, 2.24) is 14.9 Å². The summed E-state index contributed by atoms with van der Waals surface area (Å²) in [5, 5.41) is 2.29. The van der Waals surface area contributed by atoms with Crippen molar-refractivity contribution in [1.29, 1.82) is 0 Å². The van der Waals surface area contributed by atoms with Crippen molar-refractivity contribution in [2.24, 2.45) is 0 Å². The largest absolute Gasteiger partial charge is 0.467 e. The number of carbonyl (C=O) groups excluding carboxylic acids is 3. The van der Waals surface area contributed by atoms with Crippen LogP contribution in [0, 0.1) is 0 Å². The maximum Gasteiger partial charge on any atom is 0.419 e. The number of rotatable bonds is 4. The summed E-state index contributed by atoms with van der Waals surface area (Å²) in [7, 11) is 1.16. The van der Waals surface area contributed by atoms with E-state index in [1.807, 2.05) is 0 Å². The van der Waals surface area contributed by atoms with Gasteiger partial charge in [0.1, 0.15) is 18.5 Å². The highest BCUT2D eigenvalue weighted by atomic mass is 16.6. The summed E-state index contributed by atoms with van der Waals surface area (Å²) in [6.45, 7) is 4.64. The number of nitrogens with zero attached hydrogens (tertiary/aromatic N) is 2. The van der Waals surface area contributed by atoms with Crippen molar-refractivity contribution in [2.45, 2.75) is 32.4 Å². The van der Waals surface area contributed by atoms with E-state index in [9.17, 15) is 14.4 Å². The second kappa shape index (κ2) is 7.43. The van der Waals surface area contributed by atoms with Crippen molar-refractivity contribution < 1.29 is 28.6 Å². The van der Waals surface area contributed by atoms with E-state index >= 15 is 0 Å². The van der Waals surface area contributed by atoms with Gasteiger partial charge in [-0.2, -0.15) is 0 Å². The van der Waals surface area contributed by atoms with Crippen molar-refractivity contribution >= 4 is 18.2 Å². The van der Waals surface area contributed by atoms with Crippen LogP contribution < -0.4 is 5.32 Å². The zero-order chi connectivity index (χ0) is 16.8. The second-order valence-electron chi connectivity index (χ2n) is 5.27. The van der Waals surface area contributed by atoms with Crippen LogP contribution in [0.5, 0.6) is 0 Å². The normalized spacial score (nSPS) is 12.2. The van der Waals surface area contributed by atoms with Crippen LogP contribution in [-0.2, 0) is 19.0 Å². The highest BCUT2D eigenvalue weighted by Crippen LogP contribution is 2.07. The Morgan fingerprint density at radius 1 is 1.32 bits per heavy atom. The summed E-state index contributed by atoms with van der Waals surface area (Å²) in [5.41, 5.74) is -0.724. The lowest BCUT2D eigenvalue weighted by atomic mass is 10.2. The Bertz CT molecular complexity index is 520. The molecule has 1 atom stereocenters. The van der Waals surface area contributed by atoms with Crippen LogP contribution in [-0.4, -0.2) is 53.1 Å². The summed E-state index contributed by atoms with van der Waals surface area (Å²) >= 11 is 0. The van der Waals surface area contributed by atoms with E-state index in [1.54, 1.807) is 20.8 Å². The molecule has 0 aliphatic heterocycles. The highest BCUT2D eigenvalue weighted by molar-refractivity contribution is 5.82. The van der Waals surface area contributed by atoms with Gasteiger partial charge >= 0.3 is 18.2 Å². The van der Waals surface area contributed by atoms with Crippen molar-refractivity contribution in [3.8, 4) is 0 Å². The number of carbonyl (C=O) groups is 3. The van der Waals surface area contributed by atoms with E-state index in [2.05, 4.69) is 15.0 Å². The molecule has 0 aliphatic rings. The summed E-state index contributed by atoms with van der Waals surface area (Å²) in [4.78, 5) is 38.6. The first-order valence-electron chi connectivity index (χ1n) is 6.45. The van der Waals surface area contributed by atoms with Gasteiger partial charge in [-0.1, -0.05) is 0 Å². The molecule has 9 heteroatoms. The van der Waals surface area contributed by atoms with E-state index in [0.29, 0.717) is 0 Å². The molecule has 0 radical (unpaired) electrons. The van der Waals surface area contributed by atoms with Crippen LogP contribution in [0.25, 0.3) is 0 Å². The van der Waals surface area contributed by atoms with Crippen molar-refractivity contribution in [3.63, 3.8) is 0 Å². The smallest absolute Gasteiger partial charge is 0.419 e. The fraction of sp³-hybridized carbons (Fsp3) is 0.538. The van der Waals surface area contributed by atoms with Gasteiger partial charge in [0.15, 0.2) is 6.04 Å². The van der Waals surface area contributed by atoms with Gasteiger partial charge in [0.05, 0.1) is 7.11 Å². The zero-order valence-corrected chi connectivity index (χ0v) is 12.9. The third kappa shape index (κ3) is 5.81. The Morgan fingerprint density at radius 2 is 2.00 bits per heavy atom. The maximum atomic E-state index is 11.7. The van der Waals surface area contributed by atoms with Crippen LogP contribution in [0.1, 0.15) is 20.8 Å². The Kier molecular flexibility index (Phi) is 5.90. The molecule has 0 aromatic carbocycles. The number of alkyl carbamates (subject to hydrolysis) is 1. The third-order valence-electron chi connectivity index (χ3n) is 2.27. The molecule has 0 bridgehead atoms. The molecule has 1 heterocycles. The Balaban J connectivity index is 2.59. The van der Waals surface area contributed by atoms with Gasteiger partial charge < -0.3 is 19.5 Å². The quantitative estimate of drug-likeness (QED) is 0.650. The number of hydrogen-bond acceptors (Lipinski definition) is 7. The molecule has 0 aliphatic carbocycles. The molecule has 0 unspecified atom stereocenters. The second-order valence-corrected chi connectivity index (χ2v) is 5.27. The lowest BCUT2D eigenvalue weighted by Gasteiger charge is -2.22. The maximum absolute atomic E-state index is 11.7. The number of hydrogen-bond donors (Lipinski definition) is 1. The minimum Gasteiger partial charge on any atom is -0.467 e. The minimum atomic E-state index is -1.17. The van der Waals surface area contributed by atoms with Crippen LogP contribution in [0.2, 0.25) is 0 Å². The van der Waals surface area contributed by atoms with Gasteiger partial charge in [-0.25, -0.2) is 23.9 Å². The molecule has 0 fully saturated rings. The predicted molar refractivity (Wildman–Crippen MR) is 74.1 cm³/mol. The number of esters is 1. The standard InChI is InChI=1S/C13H19N3O6/c1-13(2,3)22-11(18)15-9(10(17)20-4)7-21-12(19)16-6-5-14-8-16/h5-6,8-9H,7H2,1-4H3,(H,15,18)/t9-/m0/s1. The molecule has 1 rings (SSSR count). The molecule has 1 aromatic rings. The van der Waals surface area contributed by atoms with Crippen LogP contribution in [0.15, 0.2) is 18.7 Å². The first-order valence-corrected chi connectivity index (χ1v) is 6.45. The molecule has 1 aromatic heterocycles. The summed E-state index contributed by atoms with van der Waals surface area (Å²) in [5.74, 6) is -0.760. The zero-order valence-electron chi connectivity index (χ0n) is 12.9. The van der Waals surface area contributed by atoms with E-state index < -0.39 is 36.4 Å². The van der Waals surface area contributed by atoms with E-state index in [1.165, 1.54) is 18.7 Å². The molecule has 0 spiro atoms. The summed E-state index contributed by atoms with van der Waals surface area (Å²) in [6.07, 6.45) is 2.48. The van der Waals surface area contributed by atoms with Crippen LogP contribution in [0.4, 0.5) is 9.59 Å². The van der Waals surface area contributed by atoms with Gasteiger partial charge in [0, 0.05) is 12.4 Å². The SMILES string of the molecule is COC(=O)[C@H](COC(=O)n1ccnc1)NC(=O)OC(C)(C)C. The van der Waals surface area contributed by atoms with Crippen LogP contribution in [0.3, 0.4) is 0 Å². The molecule has 122 valence electrons. The predicted octanol–water partition coefficient (Wildman–Crippen LogP) is 0.934. The molecule has 9 nitrogen and oxygen atoms in total. The van der Waals surface area contributed by atoms with Gasteiger partial charge in [-0.15, -0.1) is 0 Å². The molecular formula is C13H19N3O6. The Morgan fingerprint density at radius 3 is 2.50 bits per heavy atom. The fourth-order valence-corrected chi connectivity index (χ4v) is 1.36. The average Bonchev–Trinajstić information content (AvgIpc) is 2.94. The van der Waals surface area contributed by atoms with Crippen molar-refractivity contribution in [3.05, 3.63) is 18.7 Å². The number of aromatic nitrogens is 2. The first-order chi connectivity index (χ1) is 10.2. The molecule has 1 N–H and O–H groups in total. The number of ether oxygens (including phenoxy) is 3. The number of nitrogens with one attached hydrogen (secondary N) is 1. The molecule has 22 heavy (non-hydrogen) atoms. The van der Waals surface area contributed by atoms with Crippen LogP contribution >= 0.6 is 0 Å². The van der Waals surface area contributed by atoms with Crippen molar-refractivity contribution in [2.75, 3.05) is 13.7 Å².